The van der Waals surface area contributed by atoms with Crippen LogP contribution in [0, 0.1) is 17.2 Å². The first-order valence-corrected chi connectivity index (χ1v) is 8.56. The van der Waals surface area contributed by atoms with Gasteiger partial charge in [0.05, 0.1) is 4.47 Å². The van der Waals surface area contributed by atoms with E-state index < -0.39 is 11.7 Å². The van der Waals surface area contributed by atoms with Crippen molar-refractivity contribution in [2.75, 3.05) is 11.9 Å². The molecule has 0 fully saturated rings. The van der Waals surface area contributed by atoms with Crippen molar-refractivity contribution in [1.29, 1.82) is 5.26 Å². The van der Waals surface area contributed by atoms with Crippen LogP contribution in [-0.4, -0.2) is 34.2 Å². The number of nitrogens with zero attached hydrogens (tertiary/aromatic N) is 3. The Kier molecular flexibility index (Phi) is 7.42. The number of ether oxygens (including phenoxy) is 1. The number of halogens is 1. The van der Waals surface area contributed by atoms with E-state index in [1.54, 1.807) is 0 Å². The van der Waals surface area contributed by atoms with Crippen molar-refractivity contribution in [3.05, 3.63) is 16.5 Å². The van der Waals surface area contributed by atoms with Gasteiger partial charge in [-0.1, -0.05) is 13.8 Å². The maximum absolute atomic E-state index is 11.8. The fraction of sp³-hybridized carbons (Fsp3) is 0.625. The van der Waals surface area contributed by atoms with E-state index in [9.17, 15) is 4.79 Å². The Morgan fingerprint density at radius 2 is 2.12 bits per heavy atom. The van der Waals surface area contributed by atoms with Crippen molar-refractivity contribution >= 4 is 27.8 Å². The Hall–Kier alpha value is -1.88. The van der Waals surface area contributed by atoms with Crippen LogP contribution in [-0.2, 0) is 4.74 Å². The second-order valence-electron chi connectivity index (χ2n) is 6.86. The number of carbonyl (C=O) groups is 1. The second-order valence-corrected chi connectivity index (χ2v) is 7.71. The summed E-state index contributed by atoms with van der Waals surface area (Å²) in [5, 5.41) is 14.9. The van der Waals surface area contributed by atoms with E-state index in [-0.39, 0.29) is 11.9 Å². The van der Waals surface area contributed by atoms with Crippen LogP contribution in [0.15, 0.2) is 10.7 Å². The van der Waals surface area contributed by atoms with Gasteiger partial charge in [-0.2, -0.15) is 5.26 Å². The molecule has 0 bridgehead atoms. The summed E-state index contributed by atoms with van der Waals surface area (Å²) in [4.78, 5) is 19.9. The van der Waals surface area contributed by atoms with Gasteiger partial charge in [0, 0.05) is 18.8 Å². The number of amides is 1. The van der Waals surface area contributed by atoms with Gasteiger partial charge >= 0.3 is 6.09 Å². The molecule has 1 rings (SSSR count). The lowest BCUT2D eigenvalue weighted by Crippen LogP contribution is -2.40. The molecule has 0 aliphatic carbocycles. The molecule has 0 radical (unpaired) electrons. The standard InChI is InChI=1S/C16H24BrN5O2/c1-10(2)6-11(8-20-15(23)24-16(3,4)5)21-14-12(17)9-19-13(7-18)22-14/h9-11H,6,8H2,1-5H3,(H,20,23)(H,19,21,22). The van der Waals surface area contributed by atoms with E-state index in [0.717, 1.165) is 6.42 Å². The molecule has 0 saturated heterocycles. The van der Waals surface area contributed by atoms with Gasteiger partial charge in [0.1, 0.15) is 17.5 Å². The lowest BCUT2D eigenvalue weighted by Gasteiger charge is -2.24. The maximum atomic E-state index is 11.8. The van der Waals surface area contributed by atoms with E-state index in [4.69, 9.17) is 10.00 Å². The molecule has 1 heterocycles. The van der Waals surface area contributed by atoms with E-state index in [2.05, 4.69) is 50.4 Å². The van der Waals surface area contributed by atoms with Crippen LogP contribution in [0.2, 0.25) is 0 Å². The van der Waals surface area contributed by atoms with Crippen LogP contribution in [0.25, 0.3) is 0 Å². The Morgan fingerprint density at radius 3 is 2.67 bits per heavy atom. The van der Waals surface area contributed by atoms with Gasteiger partial charge in [0.2, 0.25) is 5.82 Å². The minimum Gasteiger partial charge on any atom is -0.444 e. The Morgan fingerprint density at radius 1 is 1.46 bits per heavy atom. The Labute approximate surface area is 151 Å². The lowest BCUT2D eigenvalue weighted by molar-refractivity contribution is 0.0524. The highest BCUT2D eigenvalue weighted by molar-refractivity contribution is 9.10. The van der Waals surface area contributed by atoms with Crippen molar-refractivity contribution in [2.24, 2.45) is 5.92 Å². The van der Waals surface area contributed by atoms with Gasteiger partial charge in [-0.15, -0.1) is 0 Å². The summed E-state index contributed by atoms with van der Waals surface area (Å²) in [6.45, 7) is 10.0. The molecule has 0 aromatic carbocycles. The lowest BCUT2D eigenvalue weighted by atomic mass is 10.0. The summed E-state index contributed by atoms with van der Waals surface area (Å²) in [7, 11) is 0. The number of carbonyl (C=O) groups excluding carboxylic acids is 1. The van der Waals surface area contributed by atoms with Gasteiger partial charge < -0.3 is 15.4 Å². The minimum atomic E-state index is -0.539. The molecule has 1 aromatic heterocycles. The van der Waals surface area contributed by atoms with E-state index in [1.165, 1.54) is 6.20 Å². The fourth-order valence-electron chi connectivity index (χ4n) is 2.00. The maximum Gasteiger partial charge on any atom is 0.407 e. The minimum absolute atomic E-state index is 0.0599. The number of hydrogen-bond acceptors (Lipinski definition) is 6. The predicted molar refractivity (Wildman–Crippen MR) is 95.5 cm³/mol. The Bertz CT molecular complexity index is 607. The monoisotopic (exact) mass is 397 g/mol. The van der Waals surface area contributed by atoms with Crippen LogP contribution in [0.4, 0.5) is 10.6 Å². The third-order valence-corrected chi connectivity index (χ3v) is 3.41. The second kappa shape index (κ2) is 8.83. The molecule has 1 amide bonds. The highest BCUT2D eigenvalue weighted by Gasteiger charge is 2.19. The molecular weight excluding hydrogens is 374 g/mol. The number of rotatable bonds is 6. The van der Waals surface area contributed by atoms with Crippen LogP contribution in [0.1, 0.15) is 46.9 Å². The van der Waals surface area contributed by atoms with Crippen LogP contribution in [0.3, 0.4) is 0 Å². The van der Waals surface area contributed by atoms with Gasteiger partial charge in [-0.05, 0) is 49.0 Å². The summed E-state index contributed by atoms with van der Waals surface area (Å²) < 4.78 is 5.91. The molecule has 8 heteroatoms. The summed E-state index contributed by atoms with van der Waals surface area (Å²) in [5.41, 5.74) is -0.539. The quantitative estimate of drug-likeness (QED) is 0.761. The number of nitrogens with one attached hydrogen (secondary N) is 2. The number of anilines is 1. The first-order valence-electron chi connectivity index (χ1n) is 7.76. The third-order valence-electron chi connectivity index (χ3n) is 2.83. The number of nitriles is 1. The molecule has 24 heavy (non-hydrogen) atoms. The van der Waals surface area contributed by atoms with Gasteiger partial charge in [-0.3, -0.25) is 0 Å². The van der Waals surface area contributed by atoms with E-state index >= 15 is 0 Å². The zero-order chi connectivity index (χ0) is 18.3. The highest BCUT2D eigenvalue weighted by atomic mass is 79.9. The molecule has 1 unspecified atom stereocenters. The molecule has 0 aliphatic heterocycles. The van der Waals surface area contributed by atoms with Gasteiger partial charge in [-0.25, -0.2) is 14.8 Å². The number of alkyl carbamates (subject to hydrolysis) is 1. The summed E-state index contributed by atoms with van der Waals surface area (Å²) >= 11 is 3.37. The van der Waals surface area contributed by atoms with Crippen LogP contribution in [0.5, 0.6) is 0 Å². The van der Waals surface area contributed by atoms with Crippen LogP contribution >= 0.6 is 15.9 Å². The van der Waals surface area contributed by atoms with E-state index in [1.807, 2.05) is 26.8 Å². The molecule has 2 N–H and O–H groups in total. The van der Waals surface area contributed by atoms with Crippen molar-refractivity contribution in [1.82, 2.24) is 15.3 Å². The van der Waals surface area contributed by atoms with Crippen molar-refractivity contribution in [2.45, 2.75) is 52.7 Å². The molecule has 7 nitrogen and oxygen atoms in total. The highest BCUT2D eigenvalue weighted by Crippen LogP contribution is 2.20. The number of aromatic nitrogens is 2. The van der Waals surface area contributed by atoms with Gasteiger partial charge in [0.25, 0.3) is 0 Å². The summed E-state index contributed by atoms with van der Waals surface area (Å²) in [5.74, 6) is 1.03. The Balaban J connectivity index is 2.76. The molecule has 0 saturated carbocycles. The summed E-state index contributed by atoms with van der Waals surface area (Å²) in [6.07, 6.45) is 1.88. The van der Waals surface area contributed by atoms with Gasteiger partial charge in [0.15, 0.2) is 0 Å². The first-order chi connectivity index (χ1) is 11.1. The largest absolute Gasteiger partial charge is 0.444 e. The third kappa shape index (κ3) is 7.59. The fourth-order valence-corrected chi connectivity index (χ4v) is 2.30. The average Bonchev–Trinajstić information content (AvgIpc) is 2.44. The molecule has 0 aliphatic rings. The molecule has 1 aromatic rings. The van der Waals surface area contributed by atoms with Crippen molar-refractivity contribution < 1.29 is 9.53 Å². The summed E-state index contributed by atoms with van der Waals surface area (Å²) in [6, 6.07) is 1.85. The number of hydrogen-bond donors (Lipinski definition) is 2. The van der Waals surface area contributed by atoms with Crippen molar-refractivity contribution in [3.63, 3.8) is 0 Å². The average molecular weight is 398 g/mol. The topological polar surface area (TPSA) is 99.9 Å². The molecule has 0 spiro atoms. The van der Waals surface area contributed by atoms with Crippen LogP contribution < -0.4 is 10.6 Å². The molecule has 132 valence electrons. The molecular formula is C16H24BrN5O2. The SMILES string of the molecule is CC(C)CC(CNC(=O)OC(C)(C)C)Nc1nc(C#N)ncc1Br. The molecule has 1 atom stereocenters. The smallest absolute Gasteiger partial charge is 0.407 e. The zero-order valence-corrected chi connectivity index (χ0v) is 16.3. The zero-order valence-electron chi connectivity index (χ0n) is 14.7. The van der Waals surface area contributed by atoms with E-state index in [0.29, 0.717) is 22.8 Å². The van der Waals surface area contributed by atoms with Crippen molar-refractivity contribution in [3.8, 4) is 6.07 Å². The predicted octanol–water partition coefficient (Wildman–Crippen LogP) is 3.46. The normalized spacial score (nSPS) is 12.4. The first kappa shape index (κ1) is 20.2.